The lowest BCUT2D eigenvalue weighted by Crippen LogP contribution is -2.21. The van der Waals surface area contributed by atoms with Gasteiger partial charge in [0.05, 0.1) is 19.8 Å². The van der Waals surface area contributed by atoms with Crippen molar-refractivity contribution in [1.82, 2.24) is 0 Å². The Labute approximate surface area is 190 Å². The molecule has 1 amide bonds. The zero-order valence-electron chi connectivity index (χ0n) is 18.8. The van der Waals surface area contributed by atoms with E-state index in [1.165, 1.54) is 5.56 Å². The van der Waals surface area contributed by atoms with Gasteiger partial charge in [-0.05, 0) is 54.3 Å². The summed E-state index contributed by atoms with van der Waals surface area (Å²) in [4.78, 5) is 12.3. The van der Waals surface area contributed by atoms with Crippen LogP contribution in [0.25, 0.3) is 0 Å². The van der Waals surface area contributed by atoms with Crippen molar-refractivity contribution < 1.29 is 14.3 Å². The van der Waals surface area contributed by atoms with Crippen LogP contribution in [-0.2, 0) is 11.2 Å². The molecule has 0 saturated carbocycles. The van der Waals surface area contributed by atoms with Crippen LogP contribution in [0, 0.1) is 5.92 Å². The molecule has 2 N–H and O–H groups in total. The Balaban J connectivity index is 1.40. The molecular weight excluding hydrogens is 400 g/mol. The van der Waals surface area contributed by atoms with Crippen molar-refractivity contribution in [3.63, 3.8) is 0 Å². The highest BCUT2D eigenvalue weighted by Gasteiger charge is 2.04. The predicted octanol–water partition coefficient (Wildman–Crippen LogP) is 5.78. The van der Waals surface area contributed by atoms with Gasteiger partial charge < -0.3 is 20.1 Å². The minimum atomic E-state index is -0.117. The SMILES string of the molecule is CC(C)CCOc1ccc(NC(=O)CNc2cccc(OCCc3ccccc3)c2)cc1. The van der Waals surface area contributed by atoms with Crippen LogP contribution >= 0.6 is 0 Å². The first kappa shape index (κ1) is 23.2. The van der Waals surface area contributed by atoms with Crippen molar-refractivity contribution >= 4 is 17.3 Å². The van der Waals surface area contributed by atoms with Gasteiger partial charge in [-0.1, -0.05) is 50.2 Å². The maximum atomic E-state index is 12.3. The standard InChI is InChI=1S/C27H32N2O3/c1-21(2)15-17-31-25-13-11-23(12-14-25)29-27(30)20-28-24-9-6-10-26(19-24)32-18-16-22-7-4-3-5-8-22/h3-14,19,21,28H,15-18,20H2,1-2H3,(H,29,30). The summed E-state index contributed by atoms with van der Waals surface area (Å²) < 4.78 is 11.6. The van der Waals surface area contributed by atoms with Crippen LogP contribution < -0.4 is 20.1 Å². The van der Waals surface area contributed by atoms with E-state index in [1.54, 1.807) is 0 Å². The first-order valence-corrected chi connectivity index (χ1v) is 11.1. The first-order valence-electron chi connectivity index (χ1n) is 11.1. The highest BCUT2D eigenvalue weighted by molar-refractivity contribution is 5.93. The summed E-state index contributed by atoms with van der Waals surface area (Å²) in [7, 11) is 0. The van der Waals surface area contributed by atoms with Crippen molar-refractivity contribution in [3.8, 4) is 11.5 Å². The van der Waals surface area contributed by atoms with E-state index in [2.05, 4.69) is 36.6 Å². The first-order chi connectivity index (χ1) is 15.6. The molecule has 32 heavy (non-hydrogen) atoms. The topological polar surface area (TPSA) is 59.6 Å². The van der Waals surface area contributed by atoms with E-state index in [1.807, 2.05) is 66.7 Å². The fourth-order valence-electron chi connectivity index (χ4n) is 3.06. The van der Waals surface area contributed by atoms with Crippen LogP contribution in [0.2, 0.25) is 0 Å². The normalized spacial score (nSPS) is 10.6. The summed E-state index contributed by atoms with van der Waals surface area (Å²) in [5.74, 6) is 2.08. The fraction of sp³-hybridized carbons (Fsp3) is 0.296. The van der Waals surface area contributed by atoms with Gasteiger partial charge >= 0.3 is 0 Å². The van der Waals surface area contributed by atoms with Gasteiger partial charge in [-0.2, -0.15) is 0 Å². The smallest absolute Gasteiger partial charge is 0.243 e. The number of amides is 1. The number of nitrogens with one attached hydrogen (secondary N) is 2. The second-order valence-corrected chi connectivity index (χ2v) is 8.07. The molecule has 5 nitrogen and oxygen atoms in total. The second kappa shape index (κ2) is 12.4. The molecule has 0 aliphatic rings. The Bertz CT molecular complexity index is 956. The van der Waals surface area contributed by atoms with Gasteiger partial charge in [0.2, 0.25) is 5.91 Å². The molecule has 0 unspecified atom stereocenters. The molecule has 3 aromatic rings. The molecule has 0 saturated heterocycles. The number of carbonyl (C=O) groups is 1. The third kappa shape index (κ3) is 8.34. The zero-order valence-corrected chi connectivity index (χ0v) is 18.8. The van der Waals surface area contributed by atoms with E-state index in [9.17, 15) is 4.79 Å². The highest BCUT2D eigenvalue weighted by atomic mass is 16.5. The fourth-order valence-corrected chi connectivity index (χ4v) is 3.06. The van der Waals surface area contributed by atoms with E-state index in [0.29, 0.717) is 19.1 Å². The molecule has 0 aliphatic carbocycles. The second-order valence-electron chi connectivity index (χ2n) is 8.07. The van der Waals surface area contributed by atoms with Crippen LogP contribution in [0.5, 0.6) is 11.5 Å². The third-order valence-corrected chi connectivity index (χ3v) is 4.89. The van der Waals surface area contributed by atoms with Gasteiger partial charge in [0.25, 0.3) is 0 Å². The summed E-state index contributed by atoms with van der Waals surface area (Å²) in [5.41, 5.74) is 2.82. The lowest BCUT2D eigenvalue weighted by molar-refractivity contribution is -0.114. The number of hydrogen-bond acceptors (Lipinski definition) is 4. The Kier molecular flexibility index (Phi) is 8.99. The molecule has 0 heterocycles. The molecule has 3 rings (SSSR count). The van der Waals surface area contributed by atoms with E-state index in [-0.39, 0.29) is 12.5 Å². The van der Waals surface area contributed by atoms with Crippen LogP contribution in [0.4, 0.5) is 11.4 Å². The Morgan fingerprint density at radius 1 is 0.812 bits per heavy atom. The Morgan fingerprint density at radius 2 is 1.56 bits per heavy atom. The molecule has 0 aliphatic heterocycles. The van der Waals surface area contributed by atoms with Crippen LogP contribution in [0.3, 0.4) is 0 Å². The van der Waals surface area contributed by atoms with E-state index >= 15 is 0 Å². The third-order valence-electron chi connectivity index (χ3n) is 4.89. The van der Waals surface area contributed by atoms with Crippen molar-refractivity contribution in [3.05, 3.63) is 84.4 Å². The molecular formula is C27H32N2O3. The molecule has 3 aromatic carbocycles. The van der Waals surface area contributed by atoms with Crippen molar-refractivity contribution in [2.24, 2.45) is 5.92 Å². The largest absolute Gasteiger partial charge is 0.494 e. The molecule has 0 spiro atoms. The van der Waals surface area contributed by atoms with E-state index in [4.69, 9.17) is 9.47 Å². The zero-order chi connectivity index (χ0) is 22.6. The van der Waals surface area contributed by atoms with Crippen molar-refractivity contribution in [1.29, 1.82) is 0 Å². The molecule has 168 valence electrons. The minimum Gasteiger partial charge on any atom is -0.494 e. The highest BCUT2D eigenvalue weighted by Crippen LogP contribution is 2.19. The van der Waals surface area contributed by atoms with E-state index in [0.717, 1.165) is 35.7 Å². The molecule has 5 heteroatoms. The lowest BCUT2D eigenvalue weighted by Gasteiger charge is -2.11. The monoisotopic (exact) mass is 432 g/mol. The summed E-state index contributed by atoms with van der Waals surface area (Å²) in [6.07, 6.45) is 1.87. The number of carbonyl (C=O) groups excluding carboxylic acids is 1. The molecule has 0 atom stereocenters. The van der Waals surface area contributed by atoms with Gasteiger partial charge in [0.1, 0.15) is 11.5 Å². The van der Waals surface area contributed by atoms with Crippen LogP contribution in [0.1, 0.15) is 25.8 Å². The summed E-state index contributed by atoms with van der Waals surface area (Å²) in [5, 5.41) is 6.04. The van der Waals surface area contributed by atoms with Crippen LogP contribution in [0.15, 0.2) is 78.9 Å². The van der Waals surface area contributed by atoms with Crippen LogP contribution in [-0.4, -0.2) is 25.7 Å². The number of ether oxygens (including phenoxy) is 2. The number of anilines is 2. The van der Waals surface area contributed by atoms with Crippen molar-refractivity contribution in [2.45, 2.75) is 26.7 Å². The Morgan fingerprint density at radius 3 is 2.31 bits per heavy atom. The maximum absolute atomic E-state index is 12.3. The average Bonchev–Trinajstić information content (AvgIpc) is 2.80. The van der Waals surface area contributed by atoms with Gasteiger partial charge in [-0.3, -0.25) is 4.79 Å². The molecule has 0 bridgehead atoms. The summed E-state index contributed by atoms with van der Waals surface area (Å²) in [6, 6.07) is 25.4. The summed E-state index contributed by atoms with van der Waals surface area (Å²) >= 11 is 0. The average molecular weight is 433 g/mol. The minimum absolute atomic E-state index is 0.117. The predicted molar refractivity (Wildman–Crippen MR) is 131 cm³/mol. The Hall–Kier alpha value is -3.47. The quantitative estimate of drug-likeness (QED) is 0.381. The van der Waals surface area contributed by atoms with Gasteiger partial charge in [0, 0.05) is 23.9 Å². The lowest BCUT2D eigenvalue weighted by atomic mass is 10.1. The van der Waals surface area contributed by atoms with Crippen molar-refractivity contribution in [2.75, 3.05) is 30.4 Å². The number of benzene rings is 3. The van der Waals surface area contributed by atoms with Gasteiger partial charge in [-0.25, -0.2) is 0 Å². The maximum Gasteiger partial charge on any atom is 0.243 e. The molecule has 0 radical (unpaired) electrons. The molecule has 0 fully saturated rings. The number of hydrogen-bond donors (Lipinski definition) is 2. The molecule has 0 aromatic heterocycles. The summed E-state index contributed by atoms with van der Waals surface area (Å²) in [6.45, 7) is 5.81. The van der Waals surface area contributed by atoms with Gasteiger partial charge in [0.15, 0.2) is 0 Å². The van der Waals surface area contributed by atoms with E-state index < -0.39 is 0 Å². The number of rotatable bonds is 12. The van der Waals surface area contributed by atoms with Gasteiger partial charge in [-0.15, -0.1) is 0 Å².